The normalized spacial score (nSPS) is 19.5. The summed E-state index contributed by atoms with van der Waals surface area (Å²) >= 11 is 0. The SMILES string of the molecule is N#Cc1cc(N)ccc1OC1CCCCNC1=O. The van der Waals surface area contributed by atoms with Crippen molar-refractivity contribution in [1.82, 2.24) is 5.32 Å². The molecule has 0 bridgehead atoms. The molecule has 5 nitrogen and oxygen atoms in total. The lowest BCUT2D eigenvalue weighted by molar-refractivity contribution is -0.127. The first-order valence-electron chi connectivity index (χ1n) is 5.94. The van der Waals surface area contributed by atoms with Crippen molar-refractivity contribution in [3.05, 3.63) is 23.8 Å². The predicted octanol–water partition coefficient (Wildman–Crippen LogP) is 1.19. The van der Waals surface area contributed by atoms with Crippen LogP contribution in [0.2, 0.25) is 0 Å². The fraction of sp³-hybridized carbons (Fsp3) is 0.385. The van der Waals surface area contributed by atoms with Gasteiger partial charge in [-0.15, -0.1) is 0 Å². The number of hydrogen-bond donors (Lipinski definition) is 2. The van der Waals surface area contributed by atoms with Crippen molar-refractivity contribution in [1.29, 1.82) is 5.26 Å². The summed E-state index contributed by atoms with van der Waals surface area (Å²) in [5.74, 6) is 0.293. The van der Waals surface area contributed by atoms with E-state index < -0.39 is 6.10 Å². The second-order valence-corrected chi connectivity index (χ2v) is 4.26. The average Bonchev–Trinajstić information content (AvgIpc) is 2.57. The molecule has 1 fully saturated rings. The van der Waals surface area contributed by atoms with Gasteiger partial charge in [-0.1, -0.05) is 0 Å². The third-order valence-corrected chi connectivity index (χ3v) is 2.88. The minimum absolute atomic E-state index is 0.117. The minimum Gasteiger partial charge on any atom is -0.479 e. The van der Waals surface area contributed by atoms with Crippen LogP contribution in [0.25, 0.3) is 0 Å². The zero-order valence-corrected chi connectivity index (χ0v) is 9.98. The van der Waals surface area contributed by atoms with Crippen LogP contribution >= 0.6 is 0 Å². The van der Waals surface area contributed by atoms with E-state index in [1.807, 2.05) is 6.07 Å². The molecule has 1 aromatic rings. The fourth-order valence-electron chi connectivity index (χ4n) is 1.91. The first-order chi connectivity index (χ1) is 8.70. The molecular weight excluding hydrogens is 230 g/mol. The van der Waals surface area contributed by atoms with Gasteiger partial charge in [-0.3, -0.25) is 4.79 Å². The van der Waals surface area contributed by atoms with Crippen LogP contribution in [0.3, 0.4) is 0 Å². The number of benzene rings is 1. The minimum atomic E-state index is -0.525. The highest BCUT2D eigenvalue weighted by Crippen LogP contribution is 2.23. The Bertz CT molecular complexity index is 493. The quantitative estimate of drug-likeness (QED) is 0.766. The number of nitrogens with two attached hydrogens (primary N) is 1. The molecule has 1 unspecified atom stereocenters. The van der Waals surface area contributed by atoms with Crippen LogP contribution in [0, 0.1) is 11.3 Å². The van der Waals surface area contributed by atoms with Gasteiger partial charge in [0.05, 0.1) is 5.56 Å². The topological polar surface area (TPSA) is 88.1 Å². The predicted molar refractivity (Wildman–Crippen MR) is 66.8 cm³/mol. The summed E-state index contributed by atoms with van der Waals surface area (Å²) in [5, 5.41) is 11.8. The molecule has 1 aromatic carbocycles. The van der Waals surface area contributed by atoms with Crippen LogP contribution in [0.5, 0.6) is 5.75 Å². The number of ether oxygens (including phenoxy) is 1. The molecule has 2 rings (SSSR count). The van der Waals surface area contributed by atoms with Crippen molar-refractivity contribution in [3.8, 4) is 11.8 Å². The standard InChI is InChI=1S/C13H15N3O2/c14-8-9-7-10(15)4-5-11(9)18-12-3-1-2-6-16-13(12)17/h4-5,7,12H,1-3,6,15H2,(H,16,17). The van der Waals surface area contributed by atoms with Gasteiger partial charge in [-0.25, -0.2) is 0 Å². The maximum atomic E-state index is 11.7. The summed E-state index contributed by atoms with van der Waals surface area (Å²) in [6.45, 7) is 0.686. The molecule has 1 aliphatic rings. The van der Waals surface area contributed by atoms with Gasteiger partial charge in [0, 0.05) is 12.2 Å². The van der Waals surface area contributed by atoms with Gasteiger partial charge < -0.3 is 15.8 Å². The van der Waals surface area contributed by atoms with Crippen molar-refractivity contribution in [3.63, 3.8) is 0 Å². The van der Waals surface area contributed by atoms with Gasteiger partial charge in [-0.05, 0) is 37.5 Å². The molecule has 0 spiro atoms. The second kappa shape index (κ2) is 5.41. The van der Waals surface area contributed by atoms with Crippen LogP contribution in [-0.4, -0.2) is 18.6 Å². The molecule has 1 amide bonds. The maximum absolute atomic E-state index is 11.7. The van der Waals surface area contributed by atoms with Crippen LogP contribution in [0.1, 0.15) is 24.8 Å². The number of carbonyl (C=O) groups is 1. The molecule has 5 heteroatoms. The highest BCUT2D eigenvalue weighted by molar-refractivity contribution is 5.81. The molecule has 94 valence electrons. The van der Waals surface area contributed by atoms with Gasteiger partial charge in [0.2, 0.25) is 0 Å². The summed E-state index contributed by atoms with van der Waals surface area (Å²) < 4.78 is 5.63. The van der Waals surface area contributed by atoms with E-state index in [1.165, 1.54) is 0 Å². The first-order valence-corrected chi connectivity index (χ1v) is 5.94. The summed E-state index contributed by atoms with van der Waals surface area (Å²) in [5.41, 5.74) is 6.46. The summed E-state index contributed by atoms with van der Waals surface area (Å²) in [6.07, 6.45) is 2.03. The number of carbonyl (C=O) groups excluding carboxylic acids is 1. The van der Waals surface area contributed by atoms with Crippen LogP contribution in [0.15, 0.2) is 18.2 Å². The highest BCUT2D eigenvalue weighted by Gasteiger charge is 2.23. The smallest absolute Gasteiger partial charge is 0.261 e. The Morgan fingerprint density at radius 2 is 2.28 bits per heavy atom. The zero-order chi connectivity index (χ0) is 13.0. The number of hydrogen-bond acceptors (Lipinski definition) is 4. The Morgan fingerprint density at radius 1 is 1.44 bits per heavy atom. The number of nitriles is 1. The van der Waals surface area contributed by atoms with Crippen LogP contribution in [-0.2, 0) is 4.79 Å². The van der Waals surface area contributed by atoms with Gasteiger partial charge >= 0.3 is 0 Å². The number of rotatable bonds is 2. The van der Waals surface area contributed by atoms with E-state index in [0.29, 0.717) is 30.0 Å². The van der Waals surface area contributed by atoms with Crippen molar-refractivity contribution < 1.29 is 9.53 Å². The van der Waals surface area contributed by atoms with E-state index in [2.05, 4.69) is 5.32 Å². The summed E-state index contributed by atoms with van der Waals surface area (Å²) in [7, 11) is 0. The molecule has 3 N–H and O–H groups in total. The molecule has 0 aliphatic carbocycles. The Morgan fingerprint density at radius 3 is 3.06 bits per heavy atom. The number of nitrogens with one attached hydrogen (secondary N) is 1. The van der Waals surface area contributed by atoms with Gasteiger partial charge in [0.15, 0.2) is 6.10 Å². The van der Waals surface area contributed by atoms with Gasteiger partial charge in [0.25, 0.3) is 5.91 Å². The molecule has 0 saturated carbocycles. The monoisotopic (exact) mass is 245 g/mol. The fourth-order valence-corrected chi connectivity index (χ4v) is 1.91. The zero-order valence-electron chi connectivity index (χ0n) is 9.98. The molecule has 1 heterocycles. The number of amides is 1. The maximum Gasteiger partial charge on any atom is 0.261 e. The Balaban J connectivity index is 2.17. The van der Waals surface area contributed by atoms with E-state index in [1.54, 1.807) is 18.2 Å². The third kappa shape index (κ3) is 2.72. The van der Waals surface area contributed by atoms with E-state index >= 15 is 0 Å². The lowest BCUT2D eigenvalue weighted by Crippen LogP contribution is -2.36. The van der Waals surface area contributed by atoms with E-state index in [0.717, 1.165) is 12.8 Å². The molecule has 1 aliphatic heterocycles. The lowest BCUT2D eigenvalue weighted by atomic mass is 10.1. The molecule has 1 atom stereocenters. The number of nitrogen functional groups attached to an aromatic ring is 1. The van der Waals surface area contributed by atoms with Crippen molar-refractivity contribution in [2.45, 2.75) is 25.4 Å². The second-order valence-electron chi connectivity index (χ2n) is 4.26. The average molecular weight is 245 g/mol. The number of anilines is 1. The molecule has 0 radical (unpaired) electrons. The molecular formula is C13H15N3O2. The van der Waals surface area contributed by atoms with E-state index in [9.17, 15) is 4.79 Å². The largest absolute Gasteiger partial charge is 0.479 e. The lowest BCUT2D eigenvalue weighted by Gasteiger charge is -2.16. The highest BCUT2D eigenvalue weighted by atomic mass is 16.5. The van der Waals surface area contributed by atoms with E-state index in [-0.39, 0.29) is 5.91 Å². The Labute approximate surface area is 106 Å². The molecule has 0 aromatic heterocycles. The van der Waals surface area contributed by atoms with Gasteiger partial charge in [0.1, 0.15) is 11.8 Å². The summed E-state index contributed by atoms with van der Waals surface area (Å²) in [4.78, 5) is 11.7. The third-order valence-electron chi connectivity index (χ3n) is 2.88. The Hall–Kier alpha value is -2.22. The molecule has 18 heavy (non-hydrogen) atoms. The van der Waals surface area contributed by atoms with Crippen molar-refractivity contribution >= 4 is 11.6 Å². The first kappa shape index (κ1) is 12.2. The van der Waals surface area contributed by atoms with Crippen LogP contribution < -0.4 is 15.8 Å². The van der Waals surface area contributed by atoms with Gasteiger partial charge in [-0.2, -0.15) is 5.26 Å². The van der Waals surface area contributed by atoms with Crippen molar-refractivity contribution in [2.75, 3.05) is 12.3 Å². The van der Waals surface area contributed by atoms with E-state index in [4.69, 9.17) is 15.7 Å². The number of nitrogens with zero attached hydrogens (tertiary/aromatic N) is 1. The van der Waals surface area contributed by atoms with Crippen molar-refractivity contribution in [2.24, 2.45) is 0 Å². The van der Waals surface area contributed by atoms with Crippen LogP contribution in [0.4, 0.5) is 5.69 Å². The Kier molecular flexibility index (Phi) is 3.68. The summed E-state index contributed by atoms with van der Waals surface area (Å²) in [6, 6.07) is 6.85. The molecule has 1 saturated heterocycles.